The number of carbonyl (C=O) groups excluding carboxylic acids is 1. The van der Waals surface area contributed by atoms with Gasteiger partial charge in [0, 0.05) is 0 Å². The summed E-state index contributed by atoms with van der Waals surface area (Å²) in [5, 5.41) is 0. The van der Waals surface area contributed by atoms with Crippen molar-refractivity contribution in [2.45, 2.75) is 0 Å². The number of amides is 1. The van der Waals surface area contributed by atoms with Crippen molar-refractivity contribution in [2.24, 2.45) is 5.73 Å². The van der Waals surface area contributed by atoms with Gasteiger partial charge in [-0.05, 0) is 12.1 Å². The van der Waals surface area contributed by atoms with Crippen LogP contribution >= 0.6 is 0 Å². The van der Waals surface area contributed by atoms with E-state index in [4.69, 9.17) is 5.73 Å². The Morgan fingerprint density at radius 1 is 1.38 bits per heavy atom. The minimum absolute atomic E-state index is 0. The molecule has 1 aromatic heterocycles. The topological polar surface area (TPSA) is 60.9 Å². The van der Waals surface area contributed by atoms with Crippen LogP contribution in [-0.4, -0.2) is 45.1 Å². The summed E-state index contributed by atoms with van der Waals surface area (Å²) in [6, 6.07) is 6.81. The van der Waals surface area contributed by atoms with Gasteiger partial charge in [-0.3, -0.25) is 4.57 Å². The van der Waals surface area contributed by atoms with Gasteiger partial charge < -0.3 is 5.73 Å². The number of para-hydroxylation sites is 2. The Bertz CT molecular complexity index is 438. The Balaban J connectivity index is 0.000000845. The molecule has 2 aromatic rings. The quantitative estimate of drug-likeness (QED) is 0.600. The molecule has 0 aliphatic heterocycles. The summed E-state index contributed by atoms with van der Waals surface area (Å²) in [7, 11) is 0. The molecule has 0 saturated carbocycles. The fourth-order valence-corrected chi connectivity index (χ4v) is 1.13. The van der Waals surface area contributed by atoms with Crippen LogP contribution in [0.2, 0.25) is 0 Å². The standard InChI is InChI=1S/C8H7N3O.Na.H/c9-8(12)11-5-10-6-3-1-2-4-7(6)11;;/h1-5H,(H2,9,12);;. The van der Waals surface area contributed by atoms with Crippen LogP contribution in [0.1, 0.15) is 0 Å². The van der Waals surface area contributed by atoms with E-state index in [1.165, 1.54) is 10.9 Å². The van der Waals surface area contributed by atoms with Gasteiger partial charge in [-0.25, -0.2) is 9.78 Å². The maximum absolute atomic E-state index is 10.8. The van der Waals surface area contributed by atoms with Crippen molar-refractivity contribution in [3.63, 3.8) is 0 Å². The van der Waals surface area contributed by atoms with Crippen molar-refractivity contribution in [1.82, 2.24) is 9.55 Å². The molecule has 0 aliphatic rings. The number of imidazole rings is 1. The van der Waals surface area contributed by atoms with Gasteiger partial charge in [0.25, 0.3) is 0 Å². The van der Waals surface area contributed by atoms with Crippen LogP contribution in [0.15, 0.2) is 30.6 Å². The van der Waals surface area contributed by atoms with Crippen LogP contribution < -0.4 is 5.73 Å². The van der Waals surface area contributed by atoms with Crippen LogP contribution in [0.25, 0.3) is 11.0 Å². The third-order valence-corrected chi connectivity index (χ3v) is 1.69. The number of rotatable bonds is 0. The molecule has 0 saturated heterocycles. The molecule has 2 rings (SSSR count). The van der Waals surface area contributed by atoms with Crippen molar-refractivity contribution in [1.29, 1.82) is 0 Å². The molecule has 0 bridgehead atoms. The van der Waals surface area contributed by atoms with Crippen LogP contribution in [0, 0.1) is 0 Å². The van der Waals surface area contributed by atoms with Crippen molar-refractivity contribution in [2.75, 3.05) is 0 Å². The molecular weight excluding hydrogens is 177 g/mol. The van der Waals surface area contributed by atoms with Gasteiger partial charge in [0.05, 0.1) is 11.0 Å². The number of benzene rings is 1. The first-order valence-electron chi connectivity index (χ1n) is 3.51. The van der Waals surface area contributed by atoms with E-state index < -0.39 is 6.03 Å². The van der Waals surface area contributed by atoms with Gasteiger partial charge in [-0.1, -0.05) is 12.1 Å². The Kier molecular flexibility index (Phi) is 3.08. The summed E-state index contributed by atoms with van der Waals surface area (Å²) in [5.41, 5.74) is 6.62. The molecule has 0 unspecified atom stereocenters. The minimum atomic E-state index is -0.510. The second-order valence-electron chi connectivity index (χ2n) is 2.44. The first-order valence-corrected chi connectivity index (χ1v) is 3.51. The third-order valence-electron chi connectivity index (χ3n) is 1.69. The van der Waals surface area contributed by atoms with E-state index in [1.54, 1.807) is 6.07 Å². The molecule has 1 heterocycles. The predicted octanol–water partition coefficient (Wildman–Crippen LogP) is 0.315. The molecule has 2 N–H and O–H groups in total. The van der Waals surface area contributed by atoms with Gasteiger partial charge in [-0.15, -0.1) is 0 Å². The third kappa shape index (κ3) is 1.75. The fraction of sp³-hybridized carbons (Fsp3) is 0. The Labute approximate surface area is 97.0 Å². The average Bonchev–Trinajstić information content (AvgIpc) is 2.47. The first-order chi connectivity index (χ1) is 5.79. The van der Waals surface area contributed by atoms with Gasteiger partial charge in [0.2, 0.25) is 0 Å². The van der Waals surface area contributed by atoms with E-state index in [9.17, 15) is 4.79 Å². The second-order valence-corrected chi connectivity index (χ2v) is 2.44. The molecule has 0 aliphatic carbocycles. The van der Waals surface area contributed by atoms with Crippen molar-refractivity contribution in [3.05, 3.63) is 30.6 Å². The summed E-state index contributed by atoms with van der Waals surface area (Å²) in [6.45, 7) is 0. The molecule has 0 atom stereocenters. The summed E-state index contributed by atoms with van der Waals surface area (Å²) < 4.78 is 1.31. The van der Waals surface area contributed by atoms with Crippen LogP contribution in [0.5, 0.6) is 0 Å². The Morgan fingerprint density at radius 2 is 2.08 bits per heavy atom. The van der Waals surface area contributed by atoms with E-state index in [0.29, 0.717) is 0 Å². The fourth-order valence-electron chi connectivity index (χ4n) is 1.13. The zero-order chi connectivity index (χ0) is 8.55. The number of hydrogen-bond donors (Lipinski definition) is 1. The molecular formula is C8H8N3NaO. The SMILES string of the molecule is NC(=O)n1cnc2ccccc21.[NaH]. The van der Waals surface area contributed by atoms with Gasteiger partial charge in [0.1, 0.15) is 6.33 Å². The second kappa shape index (κ2) is 3.91. The van der Waals surface area contributed by atoms with Crippen LogP contribution in [-0.2, 0) is 0 Å². The van der Waals surface area contributed by atoms with Crippen molar-refractivity contribution in [3.8, 4) is 0 Å². The Morgan fingerprint density at radius 3 is 2.77 bits per heavy atom. The number of hydrogen-bond acceptors (Lipinski definition) is 2. The van der Waals surface area contributed by atoms with Gasteiger partial charge in [0.15, 0.2) is 0 Å². The van der Waals surface area contributed by atoms with Gasteiger partial charge >= 0.3 is 35.6 Å². The monoisotopic (exact) mass is 185 g/mol. The molecule has 1 aromatic carbocycles. The van der Waals surface area contributed by atoms with Gasteiger partial charge in [-0.2, -0.15) is 0 Å². The normalized spacial score (nSPS) is 9.54. The number of carbonyl (C=O) groups is 1. The van der Waals surface area contributed by atoms with E-state index in [0.717, 1.165) is 11.0 Å². The number of primary amides is 1. The summed E-state index contributed by atoms with van der Waals surface area (Å²) in [4.78, 5) is 14.8. The number of nitrogens with two attached hydrogens (primary N) is 1. The average molecular weight is 185 g/mol. The van der Waals surface area contributed by atoms with Crippen molar-refractivity contribution >= 4 is 46.6 Å². The molecule has 0 spiro atoms. The molecule has 13 heavy (non-hydrogen) atoms. The summed E-state index contributed by atoms with van der Waals surface area (Å²) in [6.07, 6.45) is 1.42. The number of nitrogens with zero attached hydrogens (tertiary/aromatic N) is 2. The summed E-state index contributed by atoms with van der Waals surface area (Å²) in [5.74, 6) is 0. The number of fused-ring (bicyclic) bond motifs is 1. The molecule has 4 nitrogen and oxygen atoms in total. The number of aromatic nitrogens is 2. The Hall–Kier alpha value is -0.840. The van der Waals surface area contributed by atoms with Crippen molar-refractivity contribution < 1.29 is 4.79 Å². The van der Waals surface area contributed by atoms with E-state index >= 15 is 0 Å². The predicted molar refractivity (Wildman–Crippen MR) is 51.9 cm³/mol. The van der Waals surface area contributed by atoms with E-state index in [-0.39, 0.29) is 29.6 Å². The molecule has 62 valence electrons. The zero-order valence-corrected chi connectivity index (χ0v) is 6.27. The van der Waals surface area contributed by atoms with Crippen LogP contribution in [0.3, 0.4) is 0 Å². The molecule has 0 fully saturated rings. The molecule has 1 amide bonds. The summed E-state index contributed by atoms with van der Waals surface area (Å²) >= 11 is 0. The van der Waals surface area contributed by atoms with E-state index in [1.807, 2.05) is 18.2 Å². The molecule has 5 heteroatoms. The maximum atomic E-state index is 10.8. The van der Waals surface area contributed by atoms with Crippen LogP contribution in [0.4, 0.5) is 4.79 Å². The molecule has 0 radical (unpaired) electrons. The van der Waals surface area contributed by atoms with E-state index in [2.05, 4.69) is 4.98 Å². The first kappa shape index (κ1) is 10.2. The zero-order valence-electron chi connectivity index (χ0n) is 6.27.